The molecule has 0 saturated carbocycles. The summed E-state index contributed by atoms with van der Waals surface area (Å²) in [5, 5.41) is 7.69. The van der Waals surface area contributed by atoms with Crippen molar-refractivity contribution < 1.29 is 9.15 Å². The largest absolute Gasteiger partial charge is 0.497 e. The van der Waals surface area contributed by atoms with Crippen LogP contribution in [0.4, 0.5) is 5.69 Å². The normalized spacial score (nSPS) is 10.7. The quantitative estimate of drug-likeness (QED) is 0.568. The average Bonchev–Trinajstić information content (AvgIpc) is 3.39. The number of aromatic nitrogens is 3. The highest BCUT2D eigenvalue weighted by Gasteiger charge is 2.09. The van der Waals surface area contributed by atoms with Crippen LogP contribution in [-0.4, -0.2) is 21.9 Å². The van der Waals surface area contributed by atoms with Gasteiger partial charge in [0.1, 0.15) is 12.0 Å². The molecular weight excluding hydrogens is 328 g/mol. The summed E-state index contributed by atoms with van der Waals surface area (Å²) in [6.45, 7) is 0.547. The second-order valence-electron chi connectivity index (χ2n) is 5.70. The maximum Gasteiger partial charge on any atom is 0.226 e. The van der Waals surface area contributed by atoms with Crippen molar-refractivity contribution >= 4 is 5.69 Å². The lowest BCUT2D eigenvalue weighted by Gasteiger charge is -2.10. The Labute approximate surface area is 151 Å². The van der Waals surface area contributed by atoms with Crippen LogP contribution in [-0.2, 0) is 6.54 Å². The zero-order valence-electron chi connectivity index (χ0n) is 14.3. The summed E-state index contributed by atoms with van der Waals surface area (Å²) in [6.07, 6.45) is 5.34. The second kappa shape index (κ2) is 7.14. The van der Waals surface area contributed by atoms with Crippen LogP contribution in [0.2, 0.25) is 0 Å². The lowest BCUT2D eigenvalue weighted by atomic mass is 10.2. The standard InChI is InChI=1S/C20H18N4O2/c1-25-17-7-4-6-15(12-17)20-23-16(14-26-20)13-21-18-8-2-3-9-19(18)24-11-5-10-22-24/h2-12,14,21H,13H2,1H3. The van der Waals surface area contributed by atoms with E-state index in [1.54, 1.807) is 19.6 Å². The number of ether oxygens (including phenoxy) is 1. The molecule has 2 aromatic carbocycles. The molecule has 0 radical (unpaired) electrons. The summed E-state index contributed by atoms with van der Waals surface area (Å²) < 4.78 is 12.7. The highest BCUT2D eigenvalue weighted by Crippen LogP contribution is 2.24. The number of rotatable bonds is 6. The van der Waals surface area contributed by atoms with Crippen molar-refractivity contribution in [3.63, 3.8) is 0 Å². The molecule has 4 rings (SSSR count). The Balaban J connectivity index is 1.51. The Bertz CT molecular complexity index is 992. The number of nitrogens with one attached hydrogen (secondary N) is 1. The third-order valence-electron chi connectivity index (χ3n) is 3.98. The summed E-state index contributed by atoms with van der Waals surface area (Å²) in [5.41, 5.74) is 3.65. The SMILES string of the molecule is COc1cccc(-c2nc(CNc3ccccc3-n3cccn3)co2)c1. The summed E-state index contributed by atoms with van der Waals surface area (Å²) >= 11 is 0. The first-order chi connectivity index (χ1) is 12.8. The number of anilines is 1. The third kappa shape index (κ3) is 3.30. The first-order valence-electron chi connectivity index (χ1n) is 8.25. The van der Waals surface area contributed by atoms with Crippen molar-refractivity contribution in [3.8, 4) is 22.9 Å². The Hall–Kier alpha value is -3.54. The van der Waals surface area contributed by atoms with E-state index >= 15 is 0 Å². The van der Waals surface area contributed by atoms with Gasteiger partial charge in [0.25, 0.3) is 0 Å². The molecule has 1 N–H and O–H groups in total. The predicted octanol–water partition coefficient (Wildman–Crippen LogP) is 4.15. The van der Waals surface area contributed by atoms with Gasteiger partial charge >= 0.3 is 0 Å². The van der Waals surface area contributed by atoms with Gasteiger partial charge in [-0.1, -0.05) is 18.2 Å². The number of hydrogen-bond acceptors (Lipinski definition) is 5. The van der Waals surface area contributed by atoms with Crippen molar-refractivity contribution in [3.05, 3.63) is 78.9 Å². The monoisotopic (exact) mass is 346 g/mol. The fourth-order valence-corrected chi connectivity index (χ4v) is 2.70. The van der Waals surface area contributed by atoms with Gasteiger partial charge in [0.2, 0.25) is 5.89 Å². The third-order valence-corrected chi connectivity index (χ3v) is 3.98. The smallest absolute Gasteiger partial charge is 0.226 e. The van der Waals surface area contributed by atoms with E-state index in [0.29, 0.717) is 12.4 Å². The zero-order chi connectivity index (χ0) is 17.8. The van der Waals surface area contributed by atoms with Crippen molar-refractivity contribution in [2.75, 3.05) is 12.4 Å². The van der Waals surface area contributed by atoms with E-state index in [0.717, 1.165) is 28.4 Å². The Morgan fingerprint density at radius 3 is 2.88 bits per heavy atom. The number of hydrogen-bond donors (Lipinski definition) is 1. The fraction of sp³-hybridized carbons (Fsp3) is 0.100. The minimum atomic E-state index is 0.547. The van der Waals surface area contributed by atoms with Gasteiger partial charge in [-0.2, -0.15) is 5.10 Å². The van der Waals surface area contributed by atoms with Crippen LogP contribution < -0.4 is 10.1 Å². The molecule has 0 fully saturated rings. The summed E-state index contributed by atoms with van der Waals surface area (Å²) in [6, 6.07) is 17.5. The summed E-state index contributed by atoms with van der Waals surface area (Å²) in [4.78, 5) is 4.56. The molecule has 6 heteroatoms. The van der Waals surface area contributed by atoms with E-state index in [9.17, 15) is 0 Å². The van der Waals surface area contributed by atoms with E-state index in [2.05, 4.69) is 15.4 Å². The summed E-state index contributed by atoms with van der Waals surface area (Å²) in [7, 11) is 1.64. The van der Waals surface area contributed by atoms with Gasteiger partial charge in [0.15, 0.2) is 0 Å². The minimum absolute atomic E-state index is 0.547. The van der Waals surface area contributed by atoms with Gasteiger partial charge < -0.3 is 14.5 Å². The van der Waals surface area contributed by atoms with Crippen LogP contribution in [0.3, 0.4) is 0 Å². The van der Waals surface area contributed by atoms with E-state index in [4.69, 9.17) is 9.15 Å². The fourth-order valence-electron chi connectivity index (χ4n) is 2.70. The van der Waals surface area contributed by atoms with E-state index in [-0.39, 0.29) is 0 Å². The summed E-state index contributed by atoms with van der Waals surface area (Å²) in [5.74, 6) is 1.34. The molecule has 0 amide bonds. The topological polar surface area (TPSA) is 65.1 Å². The molecule has 2 heterocycles. The molecule has 0 bridgehead atoms. The molecule has 2 aromatic heterocycles. The van der Waals surface area contributed by atoms with Crippen LogP contribution in [0, 0.1) is 0 Å². The molecule has 0 unspecified atom stereocenters. The number of methoxy groups -OCH3 is 1. The van der Waals surface area contributed by atoms with Gasteiger partial charge in [-0.15, -0.1) is 0 Å². The van der Waals surface area contributed by atoms with Crippen LogP contribution in [0.1, 0.15) is 5.69 Å². The number of nitrogens with zero attached hydrogens (tertiary/aromatic N) is 3. The molecule has 4 aromatic rings. The average molecular weight is 346 g/mol. The molecule has 130 valence electrons. The van der Waals surface area contributed by atoms with E-state index in [1.165, 1.54) is 0 Å². The molecule has 0 aliphatic rings. The Morgan fingerprint density at radius 1 is 1.12 bits per heavy atom. The highest BCUT2D eigenvalue weighted by atomic mass is 16.5. The number of benzene rings is 2. The lowest BCUT2D eigenvalue weighted by Crippen LogP contribution is -2.05. The van der Waals surface area contributed by atoms with Gasteiger partial charge in [-0.25, -0.2) is 9.67 Å². The van der Waals surface area contributed by atoms with Crippen LogP contribution >= 0.6 is 0 Å². The van der Waals surface area contributed by atoms with Crippen molar-refractivity contribution in [2.24, 2.45) is 0 Å². The van der Waals surface area contributed by atoms with Gasteiger partial charge in [-0.05, 0) is 36.4 Å². The zero-order valence-corrected chi connectivity index (χ0v) is 14.3. The predicted molar refractivity (Wildman–Crippen MR) is 99.4 cm³/mol. The highest BCUT2D eigenvalue weighted by molar-refractivity contribution is 5.61. The van der Waals surface area contributed by atoms with Gasteiger partial charge in [0, 0.05) is 18.0 Å². The van der Waals surface area contributed by atoms with E-state index in [1.807, 2.05) is 65.5 Å². The van der Waals surface area contributed by atoms with Crippen LogP contribution in [0.15, 0.2) is 77.7 Å². The maximum absolute atomic E-state index is 5.62. The van der Waals surface area contributed by atoms with Crippen molar-refractivity contribution in [2.45, 2.75) is 6.54 Å². The Morgan fingerprint density at radius 2 is 2.04 bits per heavy atom. The second-order valence-corrected chi connectivity index (χ2v) is 5.70. The van der Waals surface area contributed by atoms with Crippen LogP contribution in [0.25, 0.3) is 17.1 Å². The molecule has 26 heavy (non-hydrogen) atoms. The van der Waals surface area contributed by atoms with E-state index < -0.39 is 0 Å². The molecule has 0 saturated heterocycles. The Kier molecular flexibility index (Phi) is 4.38. The molecule has 0 spiro atoms. The molecule has 6 nitrogen and oxygen atoms in total. The minimum Gasteiger partial charge on any atom is -0.497 e. The van der Waals surface area contributed by atoms with Gasteiger partial charge in [0.05, 0.1) is 30.7 Å². The molecular formula is C20H18N4O2. The lowest BCUT2D eigenvalue weighted by molar-refractivity contribution is 0.414. The maximum atomic E-state index is 5.62. The first kappa shape index (κ1) is 16.0. The molecule has 0 aliphatic heterocycles. The molecule has 0 aliphatic carbocycles. The number of oxazole rings is 1. The van der Waals surface area contributed by atoms with Crippen molar-refractivity contribution in [1.82, 2.24) is 14.8 Å². The van der Waals surface area contributed by atoms with Crippen molar-refractivity contribution in [1.29, 1.82) is 0 Å². The van der Waals surface area contributed by atoms with Gasteiger partial charge in [-0.3, -0.25) is 0 Å². The molecule has 0 atom stereocenters. The first-order valence-corrected chi connectivity index (χ1v) is 8.25. The number of para-hydroxylation sites is 2. The van der Waals surface area contributed by atoms with Crippen LogP contribution in [0.5, 0.6) is 5.75 Å².